The molecule has 2 amide bonds. The van der Waals surface area contributed by atoms with E-state index in [2.05, 4.69) is 15.3 Å². The van der Waals surface area contributed by atoms with Gasteiger partial charge in [0.25, 0.3) is 0 Å². The summed E-state index contributed by atoms with van der Waals surface area (Å²) in [6, 6.07) is -0.176. The van der Waals surface area contributed by atoms with Crippen LogP contribution < -0.4 is 11.1 Å². The monoisotopic (exact) mass is 256 g/mol. The van der Waals surface area contributed by atoms with Gasteiger partial charge in [-0.2, -0.15) is 0 Å². The van der Waals surface area contributed by atoms with E-state index in [1.807, 2.05) is 13.8 Å². The highest BCUT2D eigenvalue weighted by atomic mass is 32.2. The first-order valence-corrected chi connectivity index (χ1v) is 6.31. The number of rotatable bonds is 6. The van der Waals surface area contributed by atoms with E-state index >= 15 is 0 Å². The molecule has 0 radical (unpaired) electrons. The van der Waals surface area contributed by atoms with Crippen molar-refractivity contribution in [1.82, 2.24) is 15.3 Å². The van der Waals surface area contributed by atoms with Gasteiger partial charge in [-0.15, -0.1) is 11.8 Å². The van der Waals surface area contributed by atoms with Crippen molar-refractivity contribution in [1.29, 1.82) is 0 Å². The number of nitrogens with two attached hydrogens (primary N) is 1. The van der Waals surface area contributed by atoms with E-state index in [1.165, 1.54) is 11.8 Å². The van der Waals surface area contributed by atoms with Gasteiger partial charge in [0, 0.05) is 11.9 Å². The Kier molecular flexibility index (Phi) is 5.02. The van der Waals surface area contributed by atoms with Gasteiger partial charge in [0.1, 0.15) is 5.82 Å². The number of hydrogen-bond acceptors (Lipinski definition) is 4. The van der Waals surface area contributed by atoms with Crippen molar-refractivity contribution >= 4 is 23.6 Å². The summed E-state index contributed by atoms with van der Waals surface area (Å²) in [5, 5.41) is 2.78. The number of aromatic nitrogens is 2. The quantitative estimate of drug-likeness (QED) is 0.672. The van der Waals surface area contributed by atoms with Crippen LogP contribution in [0, 0.1) is 6.92 Å². The van der Waals surface area contributed by atoms with E-state index < -0.39 is 5.91 Å². The number of primary amides is 1. The molecule has 1 atom stereocenters. The first-order chi connectivity index (χ1) is 7.99. The minimum Gasteiger partial charge on any atom is -0.369 e. The lowest BCUT2D eigenvalue weighted by Crippen LogP contribution is -2.29. The van der Waals surface area contributed by atoms with Gasteiger partial charge < -0.3 is 16.0 Å². The van der Waals surface area contributed by atoms with Crippen molar-refractivity contribution in [3.63, 3.8) is 0 Å². The molecule has 17 heavy (non-hydrogen) atoms. The fourth-order valence-electron chi connectivity index (χ4n) is 1.25. The van der Waals surface area contributed by atoms with Gasteiger partial charge in [0.05, 0.1) is 17.5 Å². The van der Waals surface area contributed by atoms with Gasteiger partial charge in [-0.3, -0.25) is 9.59 Å². The average Bonchev–Trinajstić information content (AvgIpc) is 2.64. The highest BCUT2D eigenvalue weighted by molar-refractivity contribution is 8.00. The van der Waals surface area contributed by atoms with Gasteiger partial charge >= 0.3 is 0 Å². The molecule has 0 unspecified atom stereocenters. The van der Waals surface area contributed by atoms with Crippen molar-refractivity contribution in [2.45, 2.75) is 19.9 Å². The Morgan fingerprint density at radius 1 is 1.59 bits per heavy atom. The Labute approximate surface area is 104 Å². The maximum atomic E-state index is 11.5. The van der Waals surface area contributed by atoms with E-state index in [0.29, 0.717) is 0 Å². The van der Waals surface area contributed by atoms with Gasteiger partial charge in [-0.25, -0.2) is 4.98 Å². The number of aryl methyl sites for hydroxylation is 1. The lowest BCUT2D eigenvalue weighted by molar-refractivity contribution is -0.119. The van der Waals surface area contributed by atoms with Crippen LogP contribution in [0.4, 0.5) is 0 Å². The van der Waals surface area contributed by atoms with Gasteiger partial charge in [-0.05, 0) is 13.8 Å². The lowest BCUT2D eigenvalue weighted by Gasteiger charge is -2.10. The van der Waals surface area contributed by atoms with Crippen LogP contribution in [0.3, 0.4) is 0 Å². The molecule has 0 aliphatic carbocycles. The summed E-state index contributed by atoms with van der Waals surface area (Å²) >= 11 is 1.19. The van der Waals surface area contributed by atoms with Crippen LogP contribution in [0.1, 0.15) is 24.5 Å². The van der Waals surface area contributed by atoms with Gasteiger partial charge in [0.15, 0.2) is 0 Å². The fraction of sp³-hybridized carbons (Fsp3) is 0.500. The molecule has 0 aromatic carbocycles. The minimum absolute atomic E-state index is 0.141. The SMILES string of the molecule is Cc1cnc([C@@H](C)NC(=O)CSCC(N)=O)[nH]1. The summed E-state index contributed by atoms with van der Waals surface area (Å²) in [6.07, 6.45) is 1.71. The topological polar surface area (TPSA) is 101 Å². The molecule has 0 spiro atoms. The normalized spacial score (nSPS) is 12.1. The third-order valence-corrected chi connectivity index (χ3v) is 2.94. The summed E-state index contributed by atoms with van der Waals surface area (Å²) < 4.78 is 0. The molecular formula is C10H16N4O2S. The zero-order valence-electron chi connectivity index (χ0n) is 9.82. The number of thioether (sulfide) groups is 1. The Morgan fingerprint density at radius 3 is 2.82 bits per heavy atom. The summed E-state index contributed by atoms with van der Waals surface area (Å²) in [4.78, 5) is 29.1. The molecule has 0 aliphatic rings. The number of carbonyl (C=O) groups is 2. The first kappa shape index (κ1) is 13.6. The second-order valence-corrected chi connectivity index (χ2v) is 4.69. The standard InChI is InChI=1S/C10H16N4O2S/c1-6-3-12-10(13-6)7(2)14-9(16)5-17-4-8(11)15/h3,7H,4-5H2,1-2H3,(H2,11,15)(H,12,13)(H,14,16)/t7-/m1/s1. The molecule has 4 N–H and O–H groups in total. The predicted molar refractivity (Wildman–Crippen MR) is 66.4 cm³/mol. The molecule has 6 nitrogen and oxygen atoms in total. The molecule has 0 aliphatic heterocycles. The zero-order valence-corrected chi connectivity index (χ0v) is 10.6. The number of H-pyrrole nitrogens is 1. The van der Waals surface area contributed by atoms with E-state index in [-0.39, 0.29) is 23.5 Å². The van der Waals surface area contributed by atoms with E-state index in [9.17, 15) is 9.59 Å². The third kappa shape index (κ3) is 4.90. The minimum atomic E-state index is -0.419. The number of nitrogens with one attached hydrogen (secondary N) is 2. The van der Waals surface area contributed by atoms with Crippen molar-refractivity contribution < 1.29 is 9.59 Å². The van der Waals surface area contributed by atoms with Crippen LogP contribution in [-0.4, -0.2) is 33.3 Å². The highest BCUT2D eigenvalue weighted by Gasteiger charge is 2.12. The second-order valence-electron chi connectivity index (χ2n) is 3.70. The number of aromatic amines is 1. The molecule has 1 heterocycles. The van der Waals surface area contributed by atoms with Crippen LogP contribution in [0.2, 0.25) is 0 Å². The Morgan fingerprint density at radius 2 is 2.29 bits per heavy atom. The van der Waals surface area contributed by atoms with Crippen LogP contribution in [-0.2, 0) is 9.59 Å². The molecule has 0 fully saturated rings. The lowest BCUT2D eigenvalue weighted by atomic mass is 10.3. The van der Waals surface area contributed by atoms with Gasteiger partial charge in [-0.1, -0.05) is 0 Å². The molecule has 0 bridgehead atoms. The zero-order chi connectivity index (χ0) is 12.8. The molecule has 94 valence electrons. The molecule has 1 aromatic rings. The van der Waals surface area contributed by atoms with E-state index in [0.717, 1.165) is 11.5 Å². The summed E-state index contributed by atoms with van der Waals surface area (Å²) in [7, 11) is 0. The maximum absolute atomic E-state index is 11.5. The number of nitrogens with zero attached hydrogens (tertiary/aromatic N) is 1. The summed E-state index contributed by atoms with van der Waals surface area (Å²) in [5.41, 5.74) is 5.92. The Balaban J connectivity index is 2.33. The predicted octanol–water partition coefficient (Wildman–Crippen LogP) is 0.114. The molecule has 0 saturated carbocycles. The smallest absolute Gasteiger partial charge is 0.230 e. The van der Waals surface area contributed by atoms with Crippen LogP contribution in [0.5, 0.6) is 0 Å². The highest BCUT2D eigenvalue weighted by Crippen LogP contribution is 2.08. The molecule has 1 aromatic heterocycles. The van der Waals surface area contributed by atoms with Gasteiger partial charge in [0.2, 0.25) is 11.8 Å². The van der Waals surface area contributed by atoms with Crippen molar-refractivity contribution in [3.8, 4) is 0 Å². The third-order valence-electron chi connectivity index (χ3n) is 1.99. The van der Waals surface area contributed by atoms with Crippen molar-refractivity contribution in [2.24, 2.45) is 5.73 Å². The van der Waals surface area contributed by atoms with Crippen LogP contribution in [0.25, 0.3) is 0 Å². The summed E-state index contributed by atoms with van der Waals surface area (Å²) in [6.45, 7) is 3.74. The van der Waals surface area contributed by atoms with Crippen molar-refractivity contribution in [3.05, 3.63) is 17.7 Å². The average molecular weight is 256 g/mol. The van der Waals surface area contributed by atoms with Crippen LogP contribution >= 0.6 is 11.8 Å². The summed E-state index contributed by atoms with van der Waals surface area (Å²) in [5.74, 6) is 0.528. The van der Waals surface area contributed by atoms with E-state index in [1.54, 1.807) is 6.20 Å². The molecule has 0 saturated heterocycles. The number of imidazole rings is 1. The Hall–Kier alpha value is -1.50. The van der Waals surface area contributed by atoms with Crippen molar-refractivity contribution in [2.75, 3.05) is 11.5 Å². The number of hydrogen-bond donors (Lipinski definition) is 3. The first-order valence-electron chi connectivity index (χ1n) is 5.16. The Bertz CT molecular complexity index is 405. The number of amides is 2. The van der Waals surface area contributed by atoms with Crippen LogP contribution in [0.15, 0.2) is 6.20 Å². The molecule has 7 heteroatoms. The van der Waals surface area contributed by atoms with E-state index in [4.69, 9.17) is 5.73 Å². The largest absolute Gasteiger partial charge is 0.369 e. The maximum Gasteiger partial charge on any atom is 0.230 e. The molecule has 1 rings (SSSR count). The second kappa shape index (κ2) is 6.29. The number of carbonyl (C=O) groups excluding carboxylic acids is 2. The fourth-order valence-corrected chi connectivity index (χ4v) is 1.82. The molecular weight excluding hydrogens is 240 g/mol.